The minimum atomic E-state index is 0.314. The second-order valence-electron chi connectivity index (χ2n) is 3.31. The van der Waals surface area contributed by atoms with Crippen LogP contribution in [0.3, 0.4) is 0 Å². The third kappa shape index (κ3) is 3.19. The Morgan fingerprint density at radius 3 is 2.92 bits per heavy atom. The summed E-state index contributed by atoms with van der Waals surface area (Å²) in [5, 5.41) is 0. The van der Waals surface area contributed by atoms with Gasteiger partial charge in [0, 0.05) is 25.4 Å². The zero-order valence-electron chi connectivity index (χ0n) is 8.66. The summed E-state index contributed by atoms with van der Waals surface area (Å²) in [6.45, 7) is 7.88. The Balaban J connectivity index is 2.36. The van der Waals surface area contributed by atoms with Gasteiger partial charge in [0.1, 0.15) is 5.82 Å². The average Bonchev–Trinajstić information content (AvgIpc) is 2.51. The first-order chi connectivity index (χ1) is 6.24. The molecule has 1 aromatic heterocycles. The van der Waals surface area contributed by atoms with Gasteiger partial charge in [0.05, 0.1) is 12.7 Å². The predicted octanol–water partition coefficient (Wildman–Crippen LogP) is 1.87. The smallest absolute Gasteiger partial charge is 0.108 e. The summed E-state index contributed by atoms with van der Waals surface area (Å²) in [6.07, 6.45) is 5.14. The summed E-state index contributed by atoms with van der Waals surface area (Å²) in [7, 11) is 0. The van der Waals surface area contributed by atoms with E-state index in [2.05, 4.69) is 30.3 Å². The maximum absolute atomic E-state index is 5.47. The summed E-state index contributed by atoms with van der Waals surface area (Å²) >= 11 is 0. The van der Waals surface area contributed by atoms with Gasteiger partial charge in [-0.3, -0.25) is 0 Å². The third-order valence-electron chi connectivity index (χ3n) is 1.90. The third-order valence-corrected chi connectivity index (χ3v) is 1.90. The molecule has 0 bridgehead atoms. The summed E-state index contributed by atoms with van der Waals surface area (Å²) in [5.74, 6) is 1.13. The Morgan fingerprint density at radius 1 is 1.54 bits per heavy atom. The van der Waals surface area contributed by atoms with E-state index in [9.17, 15) is 0 Å². The van der Waals surface area contributed by atoms with Crippen molar-refractivity contribution in [1.82, 2.24) is 9.55 Å². The summed E-state index contributed by atoms with van der Waals surface area (Å²) in [6, 6.07) is 0. The highest BCUT2D eigenvalue weighted by Crippen LogP contribution is 1.99. The predicted molar refractivity (Wildman–Crippen MR) is 52.7 cm³/mol. The van der Waals surface area contributed by atoms with E-state index in [1.165, 1.54) is 0 Å². The molecule has 0 atom stereocenters. The van der Waals surface area contributed by atoms with Crippen LogP contribution in [0, 0.1) is 0 Å². The van der Waals surface area contributed by atoms with Gasteiger partial charge in [-0.15, -0.1) is 0 Å². The van der Waals surface area contributed by atoms with Crippen molar-refractivity contribution in [3.05, 3.63) is 18.2 Å². The second kappa shape index (κ2) is 5.02. The Kier molecular flexibility index (Phi) is 3.96. The van der Waals surface area contributed by atoms with Gasteiger partial charge in [-0.1, -0.05) is 6.92 Å². The highest BCUT2D eigenvalue weighted by Gasteiger charge is 1.99. The van der Waals surface area contributed by atoms with Crippen molar-refractivity contribution in [2.75, 3.05) is 6.61 Å². The van der Waals surface area contributed by atoms with Gasteiger partial charge in [-0.2, -0.15) is 0 Å². The SMILES string of the molecule is CCc1nccn1CCOC(C)C. The van der Waals surface area contributed by atoms with Crippen LogP contribution in [0.25, 0.3) is 0 Å². The standard InChI is InChI=1S/C10H18N2O/c1-4-10-11-5-6-12(10)7-8-13-9(2)3/h5-6,9H,4,7-8H2,1-3H3. The van der Waals surface area contributed by atoms with Crippen molar-refractivity contribution in [1.29, 1.82) is 0 Å². The fourth-order valence-corrected chi connectivity index (χ4v) is 1.24. The topological polar surface area (TPSA) is 27.1 Å². The lowest BCUT2D eigenvalue weighted by molar-refractivity contribution is 0.0723. The van der Waals surface area contributed by atoms with Crippen LogP contribution in [-0.2, 0) is 17.7 Å². The molecular formula is C10H18N2O. The molecule has 0 saturated carbocycles. The minimum Gasteiger partial charge on any atom is -0.377 e. The fourth-order valence-electron chi connectivity index (χ4n) is 1.24. The van der Waals surface area contributed by atoms with Crippen LogP contribution in [0.2, 0.25) is 0 Å². The molecule has 0 fully saturated rings. The molecule has 0 aromatic carbocycles. The van der Waals surface area contributed by atoms with Crippen LogP contribution in [-0.4, -0.2) is 22.3 Å². The van der Waals surface area contributed by atoms with Crippen molar-refractivity contribution in [2.24, 2.45) is 0 Å². The molecule has 0 aliphatic carbocycles. The van der Waals surface area contributed by atoms with E-state index in [0.717, 1.165) is 25.4 Å². The normalized spacial score (nSPS) is 11.1. The highest BCUT2D eigenvalue weighted by molar-refractivity contribution is 4.91. The molecule has 0 aliphatic heterocycles. The first-order valence-electron chi connectivity index (χ1n) is 4.85. The van der Waals surface area contributed by atoms with Gasteiger partial charge in [0.15, 0.2) is 0 Å². The van der Waals surface area contributed by atoms with Crippen molar-refractivity contribution >= 4 is 0 Å². The molecule has 3 nitrogen and oxygen atoms in total. The molecule has 3 heteroatoms. The van der Waals surface area contributed by atoms with Crippen LogP contribution < -0.4 is 0 Å². The van der Waals surface area contributed by atoms with Crippen LogP contribution in [0.1, 0.15) is 26.6 Å². The molecule has 1 heterocycles. The van der Waals surface area contributed by atoms with Crippen LogP contribution in [0.5, 0.6) is 0 Å². The first-order valence-corrected chi connectivity index (χ1v) is 4.85. The Labute approximate surface area is 79.7 Å². The zero-order valence-corrected chi connectivity index (χ0v) is 8.66. The van der Waals surface area contributed by atoms with Crippen molar-refractivity contribution in [2.45, 2.75) is 39.8 Å². The molecule has 0 spiro atoms. The van der Waals surface area contributed by atoms with E-state index in [1.54, 1.807) is 0 Å². The highest BCUT2D eigenvalue weighted by atomic mass is 16.5. The van der Waals surface area contributed by atoms with Crippen LogP contribution in [0.15, 0.2) is 12.4 Å². The number of rotatable bonds is 5. The number of imidazole rings is 1. The quantitative estimate of drug-likeness (QED) is 0.695. The van der Waals surface area contributed by atoms with Crippen molar-refractivity contribution < 1.29 is 4.74 Å². The lowest BCUT2D eigenvalue weighted by Gasteiger charge is -2.09. The molecular weight excluding hydrogens is 164 g/mol. The molecule has 1 rings (SSSR count). The van der Waals surface area contributed by atoms with Crippen LogP contribution in [0.4, 0.5) is 0 Å². The van der Waals surface area contributed by atoms with Gasteiger partial charge in [0.25, 0.3) is 0 Å². The van der Waals surface area contributed by atoms with Gasteiger partial charge in [0.2, 0.25) is 0 Å². The summed E-state index contributed by atoms with van der Waals surface area (Å²) in [4.78, 5) is 4.24. The van der Waals surface area contributed by atoms with Gasteiger partial charge in [-0.25, -0.2) is 4.98 Å². The number of nitrogens with zero attached hydrogens (tertiary/aromatic N) is 2. The summed E-state index contributed by atoms with van der Waals surface area (Å²) in [5.41, 5.74) is 0. The monoisotopic (exact) mass is 182 g/mol. The minimum absolute atomic E-state index is 0.314. The number of hydrogen-bond acceptors (Lipinski definition) is 2. The molecule has 0 saturated heterocycles. The van der Waals surface area contributed by atoms with Gasteiger partial charge < -0.3 is 9.30 Å². The fraction of sp³-hybridized carbons (Fsp3) is 0.700. The number of aryl methyl sites for hydroxylation is 1. The number of ether oxygens (including phenoxy) is 1. The van der Waals surface area contributed by atoms with E-state index in [4.69, 9.17) is 4.74 Å². The molecule has 0 N–H and O–H groups in total. The lowest BCUT2D eigenvalue weighted by atomic mass is 10.4. The Morgan fingerprint density at radius 2 is 2.31 bits per heavy atom. The zero-order chi connectivity index (χ0) is 9.68. The van der Waals surface area contributed by atoms with Crippen molar-refractivity contribution in [3.8, 4) is 0 Å². The first kappa shape index (κ1) is 10.3. The lowest BCUT2D eigenvalue weighted by Crippen LogP contribution is -2.11. The largest absolute Gasteiger partial charge is 0.377 e. The van der Waals surface area contributed by atoms with E-state index >= 15 is 0 Å². The van der Waals surface area contributed by atoms with E-state index in [1.807, 2.05) is 12.4 Å². The molecule has 0 radical (unpaired) electrons. The van der Waals surface area contributed by atoms with Gasteiger partial charge in [-0.05, 0) is 13.8 Å². The number of hydrogen-bond donors (Lipinski definition) is 0. The van der Waals surface area contributed by atoms with Gasteiger partial charge >= 0.3 is 0 Å². The molecule has 74 valence electrons. The molecule has 0 aliphatic rings. The maximum atomic E-state index is 5.47. The van der Waals surface area contributed by atoms with Crippen LogP contribution >= 0.6 is 0 Å². The van der Waals surface area contributed by atoms with E-state index < -0.39 is 0 Å². The molecule has 0 unspecified atom stereocenters. The van der Waals surface area contributed by atoms with E-state index in [0.29, 0.717) is 6.10 Å². The number of aromatic nitrogens is 2. The molecule has 0 amide bonds. The second-order valence-corrected chi connectivity index (χ2v) is 3.31. The Bertz CT molecular complexity index is 243. The molecule has 1 aromatic rings. The average molecular weight is 182 g/mol. The summed E-state index contributed by atoms with van der Waals surface area (Å²) < 4.78 is 7.61. The van der Waals surface area contributed by atoms with Crippen molar-refractivity contribution in [3.63, 3.8) is 0 Å². The Hall–Kier alpha value is -0.830. The van der Waals surface area contributed by atoms with E-state index in [-0.39, 0.29) is 0 Å². The molecule has 13 heavy (non-hydrogen) atoms. The maximum Gasteiger partial charge on any atom is 0.108 e.